The van der Waals surface area contributed by atoms with E-state index in [-0.39, 0.29) is 37.9 Å². The molecule has 7 amide bonds. The summed E-state index contributed by atoms with van der Waals surface area (Å²) in [7, 11) is 0. The van der Waals surface area contributed by atoms with Gasteiger partial charge in [-0.3, -0.25) is 33.6 Å². The molecular formula is C37H58N10O8. The molecule has 304 valence electrons. The van der Waals surface area contributed by atoms with E-state index in [0.29, 0.717) is 37.1 Å². The first-order valence-corrected chi connectivity index (χ1v) is 18.7. The van der Waals surface area contributed by atoms with Gasteiger partial charge in [0.25, 0.3) is 0 Å². The molecule has 0 fully saturated rings. The number of nitrogens with one attached hydrogen (secondary N) is 7. The molecule has 0 radical (unpaired) electrons. The Hall–Kier alpha value is -5.52. The van der Waals surface area contributed by atoms with Crippen molar-refractivity contribution in [3.63, 3.8) is 0 Å². The van der Waals surface area contributed by atoms with Crippen LogP contribution in [0.2, 0.25) is 0 Å². The van der Waals surface area contributed by atoms with E-state index in [2.05, 4.69) is 41.9 Å². The maximum absolute atomic E-state index is 13.7. The van der Waals surface area contributed by atoms with E-state index in [0.717, 1.165) is 0 Å². The lowest BCUT2D eigenvalue weighted by molar-refractivity contribution is -0.136. The number of hydrogen-bond acceptors (Lipinski definition) is 10. The first-order valence-electron chi connectivity index (χ1n) is 18.7. The maximum atomic E-state index is 13.7. The van der Waals surface area contributed by atoms with Gasteiger partial charge in [0, 0.05) is 31.7 Å². The number of primary amides is 1. The molecule has 0 saturated heterocycles. The number of phenols is 1. The largest absolute Gasteiger partial charge is 0.508 e. The first kappa shape index (κ1) is 45.6. The van der Waals surface area contributed by atoms with Crippen LogP contribution in [0.5, 0.6) is 5.75 Å². The van der Waals surface area contributed by atoms with Gasteiger partial charge in [-0.15, -0.1) is 0 Å². The van der Waals surface area contributed by atoms with Crippen molar-refractivity contribution < 1.29 is 38.7 Å². The second kappa shape index (κ2) is 23.3. The number of amides is 7. The number of rotatable bonds is 24. The van der Waals surface area contributed by atoms with Gasteiger partial charge in [0.1, 0.15) is 42.0 Å². The number of carbonyl (C=O) groups is 7. The fraction of sp³-hybridized carbons (Fsp3) is 0.568. The third-order valence-corrected chi connectivity index (χ3v) is 9.16. The number of hydrogen-bond donors (Lipinski definition) is 10. The van der Waals surface area contributed by atoms with Gasteiger partial charge in [-0.1, -0.05) is 46.2 Å². The van der Waals surface area contributed by atoms with Crippen molar-refractivity contribution in [2.24, 2.45) is 17.4 Å². The zero-order valence-corrected chi connectivity index (χ0v) is 32.3. The zero-order valence-electron chi connectivity index (χ0n) is 32.3. The summed E-state index contributed by atoms with van der Waals surface area (Å²) in [6.45, 7) is 8.56. The van der Waals surface area contributed by atoms with Crippen molar-refractivity contribution in [1.29, 1.82) is 0 Å². The highest BCUT2D eigenvalue weighted by molar-refractivity contribution is 5.97. The molecule has 0 aliphatic heterocycles. The minimum atomic E-state index is -1.10. The van der Waals surface area contributed by atoms with Crippen LogP contribution < -0.4 is 43.4 Å². The molecule has 0 saturated carbocycles. The molecule has 1 aromatic carbocycles. The van der Waals surface area contributed by atoms with Crippen LogP contribution in [0.4, 0.5) is 0 Å². The number of aromatic amines is 1. The van der Waals surface area contributed by atoms with E-state index >= 15 is 0 Å². The Bertz CT molecular complexity index is 1570. The molecule has 1 heterocycles. The monoisotopic (exact) mass is 770 g/mol. The summed E-state index contributed by atoms with van der Waals surface area (Å²) in [6.07, 6.45) is 5.13. The molecule has 0 aliphatic rings. The van der Waals surface area contributed by atoms with Crippen LogP contribution in [0.1, 0.15) is 84.4 Å². The van der Waals surface area contributed by atoms with Crippen LogP contribution in [-0.4, -0.2) is 99.2 Å². The maximum Gasteiger partial charge on any atom is 0.243 e. The van der Waals surface area contributed by atoms with Crippen LogP contribution in [-0.2, 0) is 46.4 Å². The molecule has 2 aromatic rings. The Morgan fingerprint density at radius 3 is 1.78 bits per heavy atom. The van der Waals surface area contributed by atoms with Crippen molar-refractivity contribution in [2.75, 3.05) is 6.54 Å². The highest BCUT2D eigenvalue weighted by Gasteiger charge is 2.34. The average molecular weight is 771 g/mol. The molecule has 2 unspecified atom stereocenters. The lowest BCUT2D eigenvalue weighted by Crippen LogP contribution is -2.60. The summed E-state index contributed by atoms with van der Waals surface area (Å²) >= 11 is 0. The number of nitrogens with two attached hydrogens (primary N) is 2. The summed E-state index contributed by atoms with van der Waals surface area (Å²) in [5.41, 5.74) is 12.4. The molecule has 18 nitrogen and oxygen atoms in total. The lowest BCUT2D eigenvalue weighted by atomic mass is 9.97. The number of phenolic OH excluding ortho intramolecular Hbond substituents is 1. The minimum Gasteiger partial charge on any atom is -0.508 e. The fourth-order valence-electron chi connectivity index (χ4n) is 5.66. The van der Waals surface area contributed by atoms with Gasteiger partial charge in [-0.2, -0.15) is 0 Å². The van der Waals surface area contributed by atoms with E-state index in [9.17, 15) is 38.7 Å². The SMILES string of the molecule is CCC(NC(=O)[C@H](CCCCN)NC(=O)[C@H](Cc1cnc[nH]1)NC(C)=O)C(=O)N[C@H](C(=O)NC(CC)C(=O)N[C@@H](Cc1ccc(O)cc1)C(N)=O)[C@@H](C)CC. The standard InChI is InChI=1S/C37H58N10O8/c1-6-21(4)31(37(55)44-26(7-2)33(51)46-29(32(39)50)17-23-12-14-25(49)15-13-23)47-34(52)27(8-3)43-35(53)28(11-9-10-16-38)45-36(54)30(42-22(5)48)18-24-19-40-20-41-24/h12-15,19-21,26-31,49H,6-11,16-18,38H2,1-5H3,(H2,39,50)(H,40,41)(H,42,48)(H,43,53)(H,44,55)(H,45,54)(H,46,51)(H,47,52)/t21-,26?,27?,28-,29-,30-,31-/m0/s1. The van der Waals surface area contributed by atoms with Crippen molar-refractivity contribution >= 4 is 41.4 Å². The van der Waals surface area contributed by atoms with Crippen molar-refractivity contribution in [2.45, 2.75) is 122 Å². The zero-order chi connectivity index (χ0) is 41.1. The summed E-state index contributed by atoms with van der Waals surface area (Å²) in [5, 5.41) is 25.6. The Morgan fingerprint density at radius 1 is 0.709 bits per heavy atom. The first-order chi connectivity index (χ1) is 26.1. The van der Waals surface area contributed by atoms with Gasteiger partial charge in [0.05, 0.1) is 6.33 Å². The highest BCUT2D eigenvalue weighted by atomic mass is 16.3. The van der Waals surface area contributed by atoms with Gasteiger partial charge in [-0.25, -0.2) is 4.98 Å². The van der Waals surface area contributed by atoms with Crippen molar-refractivity contribution in [3.05, 3.63) is 48.0 Å². The summed E-state index contributed by atoms with van der Waals surface area (Å²) in [5.74, 6) is -4.80. The van der Waals surface area contributed by atoms with E-state index in [1.165, 1.54) is 31.6 Å². The highest BCUT2D eigenvalue weighted by Crippen LogP contribution is 2.13. The molecule has 18 heteroatoms. The molecule has 2 rings (SSSR count). The second-order valence-electron chi connectivity index (χ2n) is 13.5. The average Bonchev–Trinajstić information content (AvgIpc) is 3.67. The van der Waals surface area contributed by atoms with Gasteiger partial charge < -0.3 is 53.5 Å². The number of nitrogens with zero attached hydrogens (tertiary/aromatic N) is 1. The van der Waals surface area contributed by atoms with Crippen LogP contribution in [0, 0.1) is 5.92 Å². The molecule has 1 aromatic heterocycles. The molecule has 7 atom stereocenters. The Morgan fingerprint density at radius 2 is 1.25 bits per heavy atom. The van der Waals surface area contributed by atoms with Crippen LogP contribution in [0.3, 0.4) is 0 Å². The second-order valence-corrected chi connectivity index (χ2v) is 13.5. The third kappa shape index (κ3) is 15.4. The minimum absolute atomic E-state index is 0.0368. The Balaban J connectivity index is 2.17. The third-order valence-electron chi connectivity index (χ3n) is 9.16. The van der Waals surface area contributed by atoms with Gasteiger partial charge in [0.2, 0.25) is 41.4 Å². The van der Waals surface area contributed by atoms with Gasteiger partial charge in [-0.05, 0) is 62.3 Å². The van der Waals surface area contributed by atoms with Gasteiger partial charge in [0.15, 0.2) is 0 Å². The molecule has 0 aliphatic carbocycles. The molecular weight excluding hydrogens is 712 g/mol. The van der Waals surface area contributed by atoms with E-state index < -0.39 is 83.5 Å². The van der Waals surface area contributed by atoms with E-state index in [4.69, 9.17) is 11.5 Å². The topological polar surface area (TPSA) is 293 Å². The predicted molar refractivity (Wildman–Crippen MR) is 203 cm³/mol. The van der Waals surface area contributed by atoms with Crippen molar-refractivity contribution in [3.8, 4) is 5.75 Å². The van der Waals surface area contributed by atoms with E-state index in [1.807, 2.05) is 6.92 Å². The molecule has 12 N–H and O–H groups in total. The summed E-state index contributed by atoms with van der Waals surface area (Å²) in [4.78, 5) is 98.5. The predicted octanol–water partition coefficient (Wildman–Crippen LogP) is -0.690. The Labute approximate surface area is 321 Å². The molecule has 0 spiro atoms. The quantitative estimate of drug-likeness (QED) is 0.0600. The van der Waals surface area contributed by atoms with Crippen LogP contribution >= 0.6 is 0 Å². The van der Waals surface area contributed by atoms with Crippen LogP contribution in [0.15, 0.2) is 36.8 Å². The molecule has 55 heavy (non-hydrogen) atoms. The number of aromatic hydroxyl groups is 1. The fourth-order valence-corrected chi connectivity index (χ4v) is 5.66. The number of benzene rings is 1. The summed E-state index contributed by atoms with van der Waals surface area (Å²) in [6, 6.07) is -0.400. The number of carbonyl (C=O) groups excluding carboxylic acids is 7. The normalized spacial score (nSPS) is 14.8. The lowest BCUT2D eigenvalue weighted by Gasteiger charge is -2.29. The number of H-pyrrole nitrogens is 1. The molecule has 0 bridgehead atoms. The number of unbranched alkanes of at least 4 members (excludes halogenated alkanes) is 1. The number of aromatic nitrogens is 2. The Kier molecular flexibility index (Phi) is 19.3. The van der Waals surface area contributed by atoms with Gasteiger partial charge >= 0.3 is 0 Å². The van der Waals surface area contributed by atoms with Crippen molar-refractivity contribution in [1.82, 2.24) is 41.9 Å². The summed E-state index contributed by atoms with van der Waals surface area (Å²) < 4.78 is 0. The van der Waals surface area contributed by atoms with Crippen LogP contribution in [0.25, 0.3) is 0 Å². The number of imidazole rings is 1. The smallest absolute Gasteiger partial charge is 0.243 e. The van der Waals surface area contributed by atoms with E-state index in [1.54, 1.807) is 32.9 Å².